The Kier molecular flexibility index (Phi) is 4.58. The highest BCUT2D eigenvalue weighted by Crippen LogP contribution is 2.32. The lowest BCUT2D eigenvalue weighted by Crippen LogP contribution is -2.46. The molecule has 0 unspecified atom stereocenters. The molecule has 1 N–H and O–H groups in total. The summed E-state index contributed by atoms with van der Waals surface area (Å²) in [6.07, 6.45) is 1.58. The highest BCUT2D eigenvalue weighted by molar-refractivity contribution is 6.13. The molecule has 0 radical (unpaired) electrons. The average molecular weight is 394 g/mol. The van der Waals surface area contributed by atoms with Crippen LogP contribution in [0.15, 0.2) is 41.3 Å². The van der Waals surface area contributed by atoms with Gasteiger partial charge in [0.25, 0.3) is 0 Å². The van der Waals surface area contributed by atoms with E-state index in [1.165, 1.54) is 16.5 Å². The summed E-state index contributed by atoms with van der Waals surface area (Å²) in [5, 5.41) is 16.9. The van der Waals surface area contributed by atoms with Gasteiger partial charge >= 0.3 is 5.82 Å². The molecule has 0 saturated carbocycles. The predicted octanol–water partition coefficient (Wildman–Crippen LogP) is 3.25. The molecule has 0 saturated heterocycles. The van der Waals surface area contributed by atoms with Gasteiger partial charge in [0, 0.05) is 23.0 Å². The van der Waals surface area contributed by atoms with Crippen molar-refractivity contribution >= 4 is 38.8 Å². The van der Waals surface area contributed by atoms with Gasteiger partial charge in [-0.15, -0.1) is 0 Å². The molecule has 8 nitrogen and oxygen atoms in total. The van der Waals surface area contributed by atoms with Crippen molar-refractivity contribution in [1.29, 1.82) is 0 Å². The Labute approximate surface area is 167 Å². The quantitative estimate of drug-likeness (QED) is 0.295. The molecule has 3 aromatic heterocycles. The monoisotopic (exact) mass is 394 g/mol. The van der Waals surface area contributed by atoms with E-state index in [4.69, 9.17) is 0 Å². The standard InChI is InChI=1S/C21H23N5O3/c1-4-26(3,5-2)12-11-22-21-14-7-6-8-16-19(14)15(13-23-21)20(27)17-9-10-18(24(16)17)25(28)29/h6-10,13H,4-5,11-12H2,1-3H3/p+1. The van der Waals surface area contributed by atoms with E-state index in [2.05, 4.69) is 31.2 Å². The number of likely N-dealkylation sites (N-methyl/N-ethyl adjacent to an activating group) is 1. The number of fused-ring (bicyclic) bond motifs is 2. The molecule has 0 amide bonds. The second-order valence-electron chi connectivity index (χ2n) is 7.62. The number of benzene rings is 1. The summed E-state index contributed by atoms with van der Waals surface area (Å²) >= 11 is 0. The van der Waals surface area contributed by atoms with Crippen molar-refractivity contribution in [1.82, 2.24) is 9.38 Å². The number of nitrogens with zero attached hydrogens (tertiary/aromatic N) is 4. The number of aromatic nitrogens is 2. The number of anilines is 1. The maximum Gasteiger partial charge on any atom is 0.328 e. The van der Waals surface area contributed by atoms with Crippen LogP contribution in [0.5, 0.6) is 0 Å². The van der Waals surface area contributed by atoms with Crippen molar-refractivity contribution in [3.63, 3.8) is 0 Å². The van der Waals surface area contributed by atoms with Crippen LogP contribution in [0.4, 0.5) is 11.6 Å². The van der Waals surface area contributed by atoms with Crippen LogP contribution in [0, 0.1) is 10.1 Å². The van der Waals surface area contributed by atoms with Crippen molar-refractivity contribution in [2.75, 3.05) is 38.5 Å². The summed E-state index contributed by atoms with van der Waals surface area (Å²) in [4.78, 5) is 28.5. The first-order chi connectivity index (χ1) is 13.9. The van der Waals surface area contributed by atoms with Crippen LogP contribution in [0.1, 0.15) is 13.8 Å². The van der Waals surface area contributed by atoms with Gasteiger partial charge in [-0.1, -0.05) is 12.1 Å². The van der Waals surface area contributed by atoms with E-state index in [0.717, 1.165) is 36.0 Å². The minimum Gasteiger partial charge on any atom is -0.364 e. The molecule has 29 heavy (non-hydrogen) atoms. The van der Waals surface area contributed by atoms with Gasteiger partial charge in [0.2, 0.25) is 5.43 Å². The van der Waals surface area contributed by atoms with Gasteiger partial charge in [0.05, 0.1) is 38.6 Å². The molecule has 0 aliphatic heterocycles. The summed E-state index contributed by atoms with van der Waals surface area (Å²) in [5.74, 6) is 0.576. The number of nitrogens with one attached hydrogen (secondary N) is 1. The SMILES string of the molecule is CC[N+](C)(CC)CCNc1ncc2c(=O)c3ccc([N+](=O)[O-])n3c3cccc1c23. The zero-order valence-corrected chi connectivity index (χ0v) is 16.8. The molecule has 1 aromatic carbocycles. The molecule has 0 atom stereocenters. The molecule has 4 aromatic rings. The van der Waals surface area contributed by atoms with Gasteiger partial charge in [-0.3, -0.25) is 4.79 Å². The molecule has 0 fully saturated rings. The van der Waals surface area contributed by atoms with Crippen molar-refractivity contribution in [2.45, 2.75) is 13.8 Å². The van der Waals surface area contributed by atoms with Crippen molar-refractivity contribution < 1.29 is 9.41 Å². The van der Waals surface area contributed by atoms with Crippen LogP contribution in [0.3, 0.4) is 0 Å². The smallest absolute Gasteiger partial charge is 0.328 e. The molecule has 8 heteroatoms. The zero-order chi connectivity index (χ0) is 20.8. The van der Waals surface area contributed by atoms with Crippen LogP contribution in [-0.4, -0.2) is 52.0 Å². The fourth-order valence-corrected chi connectivity index (χ4v) is 3.90. The Bertz CT molecular complexity index is 1280. The molecule has 4 rings (SSSR count). The van der Waals surface area contributed by atoms with E-state index in [1.54, 1.807) is 12.3 Å². The Hall–Kier alpha value is -3.26. The fraction of sp³-hybridized carbons (Fsp3) is 0.333. The molecular weight excluding hydrogens is 370 g/mol. The molecular formula is C21H24N5O3+. The van der Waals surface area contributed by atoms with E-state index >= 15 is 0 Å². The summed E-state index contributed by atoms with van der Waals surface area (Å²) in [5.41, 5.74) is 0.678. The summed E-state index contributed by atoms with van der Waals surface area (Å²) < 4.78 is 2.38. The van der Waals surface area contributed by atoms with E-state index < -0.39 is 4.92 Å². The molecule has 0 aliphatic rings. The molecule has 3 heterocycles. The van der Waals surface area contributed by atoms with Gasteiger partial charge < -0.3 is 19.9 Å². The Balaban J connectivity index is 1.87. The van der Waals surface area contributed by atoms with E-state index in [0.29, 0.717) is 22.1 Å². The third-order valence-corrected chi connectivity index (χ3v) is 6.13. The van der Waals surface area contributed by atoms with Crippen LogP contribution < -0.4 is 10.7 Å². The third-order valence-electron chi connectivity index (χ3n) is 6.13. The largest absolute Gasteiger partial charge is 0.364 e. The topological polar surface area (TPSA) is 89.5 Å². The number of quaternary nitrogens is 1. The van der Waals surface area contributed by atoms with Gasteiger partial charge in [-0.05, 0) is 30.9 Å². The number of nitro groups is 1. The average Bonchev–Trinajstić information content (AvgIpc) is 3.18. The number of hydrogen-bond donors (Lipinski definition) is 1. The summed E-state index contributed by atoms with van der Waals surface area (Å²) in [6, 6.07) is 8.43. The second kappa shape index (κ2) is 6.97. The lowest BCUT2D eigenvalue weighted by molar-refractivity contribution is -0.904. The first kappa shape index (κ1) is 19.1. The lowest BCUT2D eigenvalue weighted by Gasteiger charge is -2.32. The third kappa shape index (κ3) is 2.96. The van der Waals surface area contributed by atoms with Crippen molar-refractivity contribution in [2.24, 2.45) is 0 Å². The van der Waals surface area contributed by atoms with Gasteiger partial charge in [0.1, 0.15) is 11.3 Å². The highest BCUT2D eigenvalue weighted by Gasteiger charge is 2.23. The van der Waals surface area contributed by atoms with Crippen LogP contribution in [0.2, 0.25) is 0 Å². The van der Waals surface area contributed by atoms with E-state index in [-0.39, 0.29) is 16.8 Å². The highest BCUT2D eigenvalue weighted by atomic mass is 16.6. The molecule has 0 bridgehead atoms. The minimum atomic E-state index is -0.463. The Morgan fingerprint density at radius 2 is 1.90 bits per heavy atom. The maximum absolute atomic E-state index is 13.0. The maximum atomic E-state index is 13.0. The van der Waals surface area contributed by atoms with E-state index in [1.807, 2.05) is 12.1 Å². The normalized spacial score (nSPS) is 12.2. The predicted molar refractivity (Wildman–Crippen MR) is 115 cm³/mol. The van der Waals surface area contributed by atoms with E-state index in [9.17, 15) is 14.9 Å². The first-order valence-corrected chi connectivity index (χ1v) is 9.80. The zero-order valence-electron chi connectivity index (χ0n) is 16.8. The van der Waals surface area contributed by atoms with Gasteiger partial charge in [0.15, 0.2) is 5.52 Å². The van der Waals surface area contributed by atoms with Gasteiger partial charge in [-0.25, -0.2) is 4.98 Å². The number of rotatable bonds is 7. The molecule has 0 spiro atoms. The number of hydrogen-bond acceptors (Lipinski definition) is 5. The Morgan fingerprint density at radius 3 is 2.59 bits per heavy atom. The minimum absolute atomic E-state index is 0.114. The lowest BCUT2D eigenvalue weighted by atomic mass is 10.1. The fourth-order valence-electron chi connectivity index (χ4n) is 3.90. The molecule has 0 aliphatic carbocycles. The summed E-state index contributed by atoms with van der Waals surface area (Å²) in [6.45, 7) is 8.14. The van der Waals surface area contributed by atoms with Crippen molar-refractivity contribution in [3.8, 4) is 0 Å². The first-order valence-electron chi connectivity index (χ1n) is 9.80. The Morgan fingerprint density at radius 1 is 1.14 bits per heavy atom. The van der Waals surface area contributed by atoms with Gasteiger partial charge in [-0.2, -0.15) is 4.40 Å². The van der Waals surface area contributed by atoms with Crippen LogP contribution in [-0.2, 0) is 0 Å². The van der Waals surface area contributed by atoms with Crippen molar-refractivity contribution in [3.05, 3.63) is 56.9 Å². The molecule has 150 valence electrons. The second-order valence-corrected chi connectivity index (χ2v) is 7.62. The number of pyridine rings is 2. The van der Waals surface area contributed by atoms with Crippen LogP contribution in [0.25, 0.3) is 27.2 Å². The summed E-state index contributed by atoms with van der Waals surface area (Å²) in [7, 11) is 2.22. The van der Waals surface area contributed by atoms with Crippen LogP contribution >= 0.6 is 0 Å².